The van der Waals surface area contributed by atoms with Crippen LogP contribution in [0.3, 0.4) is 0 Å². The molecule has 1 aliphatic heterocycles. The van der Waals surface area contributed by atoms with E-state index in [1.807, 2.05) is 12.1 Å². The molecule has 1 aliphatic carbocycles. The lowest BCUT2D eigenvalue weighted by molar-refractivity contribution is -0.153. The van der Waals surface area contributed by atoms with Crippen LogP contribution >= 0.6 is 23.5 Å². The van der Waals surface area contributed by atoms with Gasteiger partial charge in [-0.1, -0.05) is 23.7 Å². The van der Waals surface area contributed by atoms with Crippen molar-refractivity contribution < 1.29 is 19.0 Å². The van der Waals surface area contributed by atoms with E-state index in [0.29, 0.717) is 23.4 Å². The number of anilines is 1. The third-order valence-corrected chi connectivity index (χ3v) is 6.91. The Kier molecular flexibility index (Phi) is 6.83. The Hall–Kier alpha value is -1.80. The number of halogens is 2. The van der Waals surface area contributed by atoms with Gasteiger partial charge in [0.15, 0.2) is 0 Å². The first kappa shape index (κ1) is 21.4. The molecule has 2 fully saturated rings. The van der Waals surface area contributed by atoms with E-state index in [2.05, 4.69) is 4.31 Å². The Balaban J connectivity index is 1.59. The topological polar surface area (TPSA) is 53.0 Å². The summed E-state index contributed by atoms with van der Waals surface area (Å²) in [5, 5.41) is 11.4. The quantitative estimate of drug-likeness (QED) is 0.615. The number of hydrogen-bond acceptors (Lipinski definition) is 5. The number of morpholine rings is 1. The number of hydrogen-bond donors (Lipinski definition) is 1. The van der Waals surface area contributed by atoms with Gasteiger partial charge < -0.3 is 19.0 Å². The molecule has 30 heavy (non-hydrogen) atoms. The Morgan fingerprint density at radius 2 is 1.90 bits per heavy atom. The van der Waals surface area contributed by atoms with Crippen molar-refractivity contribution in [2.45, 2.75) is 30.2 Å². The van der Waals surface area contributed by atoms with Crippen molar-refractivity contribution in [1.29, 1.82) is 0 Å². The van der Waals surface area contributed by atoms with Crippen LogP contribution in [-0.4, -0.2) is 53.6 Å². The van der Waals surface area contributed by atoms with Crippen LogP contribution in [0, 0.1) is 5.82 Å². The standard InChI is InChI=1S/C22H24ClFN2O3S/c23-16-3-1-15(2-4-16)21-13-29-14-22(28)26(21)19(12-27)11-25(30-20-9-10-20)18-7-5-17(24)6-8-18/h1-8,19-21,27H,9-14H2/t19-,21+/m1/s1. The van der Waals surface area contributed by atoms with E-state index >= 15 is 0 Å². The van der Waals surface area contributed by atoms with Gasteiger partial charge in [-0.15, -0.1) is 0 Å². The van der Waals surface area contributed by atoms with Crippen molar-refractivity contribution in [2.75, 3.05) is 30.7 Å². The fourth-order valence-corrected chi connectivity index (χ4v) is 4.92. The van der Waals surface area contributed by atoms with E-state index in [1.54, 1.807) is 41.1 Å². The molecule has 2 atom stereocenters. The molecule has 2 aromatic carbocycles. The molecule has 1 N–H and O–H groups in total. The summed E-state index contributed by atoms with van der Waals surface area (Å²) in [4.78, 5) is 14.6. The molecule has 0 spiro atoms. The van der Waals surface area contributed by atoms with E-state index in [0.717, 1.165) is 24.1 Å². The summed E-state index contributed by atoms with van der Waals surface area (Å²) in [7, 11) is 0. The molecular formula is C22H24ClFN2O3S. The third kappa shape index (κ3) is 5.09. The molecule has 2 aliphatic rings. The third-order valence-electron chi connectivity index (χ3n) is 5.28. The van der Waals surface area contributed by atoms with Gasteiger partial charge in [0, 0.05) is 16.0 Å². The van der Waals surface area contributed by atoms with Crippen LogP contribution in [-0.2, 0) is 9.53 Å². The van der Waals surface area contributed by atoms with Crippen molar-refractivity contribution in [3.8, 4) is 0 Å². The summed E-state index contributed by atoms with van der Waals surface area (Å²) in [5.74, 6) is -0.448. The number of nitrogens with zero attached hydrogens (tertiary/aromatic N) is 2. The van der Waals surface area contributed by atoms with Gasteiger partial charge in [-0.3, -0.25) is 4.79 Å². The van der Waals surface area contributed by atoms with Crippen LogP contribution in [0.2, 0.25) is 5.02 Å². The largest absolute Gasteiger partial charge is 0.394 e. The van der Waals surface area contributed by atoms with Gasteiger partial charge in [0.05, 0.1) is 31.8 Å². The predicted molar refractivity (Wildman–Crippen MR) is 117 cm³/mol. The van der Waals surface area contributed by atoms with Gasteiger partial charge in [0.1, 0.15) is 12.4 Å². The van der Waals surface area contributed by atoms with Crippen LogP contribution in [0.25, 0.3) is 0 Å². The first-order valence-electron chi connectivity index (χ1n) is 10.00. The Bertz CT molecular complexity index is 864. The highest BCUT2D eigenvalue weighted by Crippen LogP contribution is 2.39. The zero-order valence-electron chi connectivity index (χ0n) is 16.4. The monoisotopic (exact) mass is 450 g/mol. The number of carbonyl (C=O) groups is 1. The average molecular weight is 451 g/mol. The molecule has 0 bridgehead atoms. The van der Waals surface area contributed by atoms with E-state index in [4.69, 9.17) is 16.3 Å². The summed E-state index contributed by atoms with van der Waals surface area (Å²) in [5.41, 5.74) is 1.77. The van der Waals surface area contributed by atoms with Crippen LogP contribution in [0.4, 0.5) is 10.1 Å². The van der Waals surface area contributed by atoms with Crippen molar-refractivity contribution in [3.05, 3.63) is 64.9 Å². The fourth-order valence-electron chi connectivity index (χ4n) is 3.58. The van der Waals surface area contributed by atoms with Crippen LogP contribution in [0.15, 0.2) is 48.5 Å². The summed E-state index contributed by atoms with van der Waals surface area (Å²) in [6.45, 7) is 0.598. The van der Waals surface area contributed by atoms with Crippen molar-refractivity contribution in [2.24, 2.45) is 0 Å². The maximum absolute atomic E-state index is 13.4. The van der Waals surface area contributed by atoms with Crippen molar-refractivity contribution >= 4 is 35.1 Å². The number of aliphatic hydroxyl groups is 1. The van der Waals surface area contributed by atoms with Gasteiger partial charge in [-0.05, 0) is 66.8 Å². The Morgan fingerprint density at radius 3 is 2.53 bits per heavy atom. The van der Waals surface area contributed by atoms with Crippen LogP contribution in [0.1, 0.15) is 24.4 Å². The minimum Gasteiger partial charge on any atom is -0.394 e. The van der Waals surface area contributed by atoms with Gasteiger partial charge in [-0.2, -0.15) is 0 Å². The molecule has 0 radical (unpaired) electrons. The molecule has 1 heterocycles. The number of aliphatic hydroxyl groups excluding tert-OH is 1. The first-order chi connectivity index (χ1) is 14.5. The zero-order chi connectivity index (χ0) is 21.1. The molecule has 1 amide bonds. The molecule has 0 unspecified atom stereocenters. The molecule has 160 valence electrons. The second kappa shape index (κ2) is 9.56. The van der Waals surface area contributed by atoms with E-state index < -0.39 is 6.04 Å². The second-order valence-electron chi connectivity index (χ2n) is 7.56. The number of ether oxygens (including phenoxy) is 1. The summed E-state index contributed by atoms with van der Waals surface area (Å²) in [6.07, 6.45) is 2.27. The zero-order valence-corrected chi connectivity index (χ0v) is 18.0. The number of rotatable bonds is 8. The van der Waals surface area contributed by atoms with E-state index in [-0.39, 0.29) is 31.0 Å². The van der Waals surface area contributed by atoms with Gasteiger partial charge >= 0.3 is 0 Å². The molecule has 0 aromatic heterocycles. The van der Waals surface area contributed by atoms with Crippen LogP contribution < -0.4 is 4.31 Å². The second-order valence-corrected chi connectivity index (χ2v) is 9.32. The minimum atomic E-state index is -0.432. The van der Waals surface area contributed by atoms with Gasteiger partial charge in [0.2, 0.25) is 5.91 Å². The Labute approximate surface area is 184 Å². The lowest BCUT2D eigenvalue weighted by Crippen LogP contribution is -2.54. The lowest BCUT2D eigenvalue weighted by Gasteiger charge is -2.42. The first-order valence-corrected chi connectivity index (χ1v) is 11.2. The highest BCUT2D eigenvalue weighted by Gasteiger charge is 2.37. The lowest BCUT2D eigenvalue weighted by atomic mass is 10.0. The van der Waals surface area contributed by atoms with Crippen molar-refractivity contribution in [1.82, 2.24) is 4.90 Å². The Morgan fingerprint density at radius 1 is 1.20 bits per heavy atom. The van der Waals surface area contributed by atoms with E-state index in [9.17, 15) is 14.3 Å². The highest BCUT2D eigenvalue weighted by molar-refractivity contribution is 8.01. The van der Waals surface area contributed by atoms with E-state index in [1.165, 1.54) is 12.1 Å². The number of amides is 1. The normalized spacial score (nSPS) is 20.3. The molecule has 5 nitrogen and oxygen atoms in total. The SMILES string of the molecule is O=C1COC[C@@H](c2ccc(Cl)cc2)N1[C@@H](CO)CN(SC1CC1)c1ccc(F)cc1. The molecule has 8 heteroatoms. The maximum Gasteiger partial charge on any atom is 0.249 e. The molecule has 4 rings (SSSR count). The number of benzene rings is 2. The highest BCUT2D eigenvalue weighted by atomic mass is 35.5. The maximum atomic E-state index is 13.4. The number of carbonyl (C=O) groups excluding carboxylic acids is 1. The molecular weight excluding hydrogens is 427 g/mol. The fraction of sp³-hybridized carbons (Fsp3) is 0.409. The summed E-state index contributed by atoms with van der Waals surface area (Å²) in [6, 6.07) is 12.9. The summed E-state index contributed by atoms with van der Waals surface area (Å²) < 4.78 is 21.0. The van der Waals surface area contributed by atoms with Crippen molar-refractivity contribution in [3.63, 3.8) is 0 Å². The molecule has 1 saturated heterocycles. The van der Waals surface area contributed by atoms with Gasteiger partial charge in [-0.25, -0.2) is 4.39 Å². The predicted octanol–water partition coefficient (Wildman–Crippen LogP) is 4.06. The average Bonchev–Trinajstić information content (AvgIpc) is 3.57. The smallest absolute Gasteiger partial charge is 0.249 e. The van der Waals surface area contributed by atoms with Crippen LogP contribution in [0.5, 0.6) is 0 Å². The molecule has 2 aromatic rings. The summed E-state index contributed by atoms with van der Waals surface area (Å²) >= 11 is 7.71. The van der Waals surface area contributed by atoms with Gasteiger partial charge in [0.25, 0.3) is 0 Å². The molecule has 1 saturated carbocycles. The minimum absolute atomic E-state index is 0.00704.